The molecule has 1 atom stereocenters. The summed E-state index contributed by atoms with van der Waals surface area (Å²) in [6, 6.07) is 14.2. The van der Waals surface area contributed by atoms with Crippen LogP contribution >= 0.6 is 11.6 Å². The fraction of sp³-hybridized carbons (Fsp3) is 0.286. The molecule has 0 spiro atoms. The fourth-order valence-electron chi connectivity index (χ4n) is 3.21. The Kier molecular flexibility index (Phi) is 6.42. The maximum atomic E-state index is 12.9. The first-order valence-corrected chi connectivity index (χ1v) is 11.1. The zero-order valence-electron chi connectivity index (χ0n) is 15.5. The standard InChI is InChI=1S/C21H22ClNO4S/c1-27-20-4-2-3-17(13-20)14-23(19-11-12-28(25,26)15-19)21(24)10-7-16-5-8-18(22)9-6-16/h2-10,13,19H,11-12,14-15H2,1H3/b10-7+/t19-/m1/s1. The quantitative estimate of drug-likeness (QED) is 0.671. The molecule has 3 rings (SSSR count). The number of carbonyl (C=O) groups excluding carboxylic acids is 1. The van der Waals surface area contributed by atoms with Crippen LogP contribution in [0.15, 0.2) is 54.6 Å². The van der Waals surface area contributed by atoms with E-state index in [4.69, 9.17) is 16.3 Å². The summed E-state index contributed by atoms with van der Waals surface area (Å²) in [4.78, 5) is 14.6. The van der Waals surface area contributed by atoms with Crippen LogP contribution in [-0.4, -0.2) is 43.9 Å². The van der Waals surface area contributed by atoms with Crippen LogP contribution in [-0.2, 0) is 21.2 Å². The summed E-state index contributed by atoms with van der Waals surface area (Å²) >= 11 is 5.89. The molecule has 0 saturated carbocycles. The summed E-state index contributed by atoms with van der Waals surface area (Å²) in [6.07, 6.45) is 3.64. The van der Waals surface area contributed by atoms with Gasteiger partial charge >= 0.3 is 0 Å². The molecule has 5 nitrogen and oxygen atoms in total. The molecule has 1 saturated heterocycles. The largest absolute Gasteiger partial charge is 0.497 e. The molecule has 0 unspecified atom stereocenters. The third-order valence-electron chi connectivity index (χ3n) is 4.71. The van der Waals surface area contributed by atoms with Crippen molar-refractivity contribution in [2.75, 3.05) is 18.6 Å². The number of carbonyl (C=O) groups is 1. The average molecular weight is 420 g/mol. The van der Waals surface area contributed by atoms with Crippen LogP contribution in [0.5, 0.6) is 5.75 Å². The molecule has 7 heteroatoms. The number of methoxy groups -OCH3 is 1. The molecule has 0 aromatic heterocycles. The number of sulfone groups is 1. The summed E-state index contributed by atoms with van der Waals surface area (Å²) in [7, 11) is -1.52. The molecule has 0 aliphatic carbocycles. The molecule has 1 aliphatic heterocycles. The lowest BCUT2D eigenvalue weighted by Crippen LogP contribution is -2.39. The lowest BCUT2D eigenvalue weighted by atomic mass is 10.1. The molecule has 0 radical (unpaired) electrons. The highest BCUT2D eigenvalue weighted by molar-refractivity contribution is 7.91. The van der Waals surface area contributed by atoms with Crippen molar-refractivity contribution in [1.29, 1.82) is 0 Å². The number of hydrogen-bond acceptors (Lipinski definition) is 4. The second-order valence-corrected chi connectivity index (χ2v) is 9.42. The van der Waals surface area contributed by atoms with Crippen molar-refractivity contribution in [2.24, 2.45) is 0 Å². The van der Waals surface area contributed by atoms with E-state index >= 15 is 0 Å². The van der Waals surface area contributed by atoms with Gasteiger partial charge in [0, 0.05) is 23.7 Å². The Hall–Kier alpha value is -2.31. The molecule has 2 aromatic carbocycles. The third-order valence-corrected chi connectivity index (χ3v) is 6.71. The van der Waals surface area contributed by atoms with Crippen LogP contribution in [0.3, 0.4) is 0 Å². The predicted molar refractivity (Wildman–Crippen MR) is 111 cm³/mol. The average Bonchev–Trinajstić information content (AvgIpc) is 3.05. The number of nitrogens with zero attached hydrogens (tertiary/aromatic N) is 1. The van der Waals surface area contributed by atoms with Crippen LogP contribution in [0.4, 0.5) is 0 Å². The van der Waals surface area contributed by atoms with Crippen molar-refractivity contribution in [3.05, 3.63) is 70.8 Å². The Morgan fingerprint density at radius 3 is 2.64 bits per heavy atom. The summed E-state index contributed by atoms with van der Waals surface area (Å²) in [6.45, 7) is 0.321. The normalized spacial score (nSPS) is 18.3. The second-order valence-electron chi connectivity index (χ2n) is 6.76. The van der Waals surface area contributed by atoms with E-state index in [1.165, 1.54) is 6.08 Å². The van der Waals surface area contributed by atoms with E-state index in [-0.39, 0.29) is 23.5 Å². The van der Waals surface area contributed by atoms with E-state index in [0.717, 1.165) is 11.1 Å². The van der Waals surface area contributed by atoms with Gasteiger partial charge in [0.15, 0.2) is 9.84 Å². The predicted octanol–water partition coefficient (Wildman–Crippen LogP) is 3.58. The highest BCUT2D eigenvalue weighted by atomic mass is 35.5. The van der Waals surface area contributed by atoms with Gasteiger partial charge in [-0.05, 0) is 47.9 Å². The summed E-state index contributed by atoms with van der Waals surface area (Å²) < 4.78 is 29.1. The lowest BCUT2D eigenvalue weighted by molar-refractivity contribution is -0.128. The van der Waals surface area contributed by atoms with E-state index in [1.54, 1.807) is 30.2 Å². The molecular formula is C21H22ClNO4S. The second kappa shape index (κ2) is 8.80. The minimum atomic E-state index is -3.11. The van der Waals surface area contributed by atoms with E-state index in [2.05, 4.69) is 0 Å². The Bertz CT molecular complexity index is 970. The Labute approximate surface area is 170 Å². The fourth-order valence-corrected chi connectivity index (χ4v) is 5.07. The number of halogens is 1. The number of rotatable bonds is 6. The Morgan fingerprint density at radius 1 is 1.25 bits per heavy atom. The smallest absolute Gasteiger partial charge is 0.247 e. The Morgan fingerprint density at radius 2 is 2.00 bits per heavy atom. The first-order chi connectivity index (χ1) is 13.4. The SMILES string of the molecule is COc1cccc(CN(C(=O)/C=C/c2ccc(Cl)cc2)[C@@H]2CCS(=O)(=O)C2)c1. The van der Waals surface area contributed by atoms with Crippen molar-refractivity contribution < 1.29 is 17.9 Å². The third kappa shape index (κ3) is 5.36. The van der Waals surface area contributed by atoms with Crippen molar-refractivity contribution in [3.8, 4) is 5.75 Å². The van der Waals surface area contributed by atoms with Crippen LogP contribution in [0, 0.1) is 0 Å². The van der Waals surface area contributed by atoms with Gasteiger partial charge < -0.3 is 9.64 Å². The lowest BCUT2D eigenvalue weighted by Gasteiger charge is -2.27. The van der Waals surface area contributed by atoms with Crippen LogP contribution in [0.1, 0.15) is 17.5 Å². The maximum Gasteiger partial charge on any atom is 0.247 e. The van der Waals surface area contributed by atoms with Gasteiger partial charge in [-0.25, -0.2) is 8.42 Å². The zero-order chi connectivity index (χ0) is 20.1. The molecular weight excluding hydrogens is 398 g/mol. The first-order valence-electron chi connectivity index (χ1n) is 8.94. The van der Waals surface area contributed by atoms with Crippen LogP contribution in [0.25, 0.3) is 6.08 Å². The molecule has 1 amide bonds. The van der Waals surface area contributed by atoms with Crippen molar-refractivity contribution >= 4 is 33.4 Å². The number of amides is 1. The highest BCUT2D eigenvalue weighted by Gasteiger charge is 2.34. The molecule has 1 heterocycles. The van der Waals surface area contributed by atoms with E-state index in [0.29, 0.717) is 23.7 Å². The van der Waals surface area contributed by atoms with Crippen LogP contribution in [0.2, 0.25) is 5.02 Å². The van der Waals surface area contributed by atoms with Gasteiger partial charge in [0.2, 0.25) is 5.91 Å². The topological polar surface area (TPSA) is 63.7 Å². The first kappa shape index (κ1) is 20.4. The van der Waals surface area contributed by atoms with Gasteiger partial charge in [0.25, 0.3) is 0 Å². The number of ether oxygens (including phenoxy) is 1. The van der Waals surface area contributed by atoms with Gasteiger partial charge in [-0.2, -0.15) is 0 Å². The minimum absolute atomic E-state index is 0.00249. The summed E-state index contributed by atoms with van der Waals surface area (Å²) in [5.74, 6) is 0.582. The maximum absolute atomic E-state index is 12.9. The molecule has 148 valence electrons. The van der Waals surface area contributed by atoms with Crippen molar-refractivity contribution in [1.82, 2.24) is 4.90 Å². The molecule has 0 N–H and O–H groups in total. The minimum Gasteiger partial charge on any atom is -0.497 e. The van der Waals surface area contributed by atoms with Gasteiger partial charge in [-0.3, -0.25) is 4.79 Å². The number of benzene rings is 2. The molecule has 28 heavy (non-hydrogen) atoms. The number of hydrogen-bond donors (Lipinski definition) is 0. The van der Waals surface area contributed by atoms with Gasteiger partial charge in [-0.1, -0.05) is 35.9 Å². The Balaban J connectivity index is 1.82. The molecule has 1 aliphatic rings. The summed E-state index contributed by atoms with van der Waals surface area (Å²) in [5.41, 5.74) is 1.73. The van der Waals surface area contributed by atoms with Crippen LogP contribution < -0.4 is 4.74 Å². The molecule has 0 bridgehead atoms. The molecule has 1 fully saturated rings. The molecule has 2 aromatic rings. The monoisotopic (exact) mass is 419 g/mol. The van der Waals surface area contributed by atoms with Gasteiger partial charge in [0.05, 0.1) is 18.6 Å². The summed E-state index contributed by atoms with van der Waals surface area (Å²) in [5, 5.41) is 0.624. The van der Waals surface area contributed by atoms with Gasteiger partial charge in [-0.15, -0.1) is 0 Å². The van der Waals surface area contributed by atoms with Crippen molar-refractivity contribution in [2.45, 2.75) is 19.0 Å². The highest BCUT2D eigenvalue weighted by Crippen LogP contribution is 2.22. The zero-order valence-corrected chi connectivity index (χ0v) is 17.1. The van der Waals surface area contributed by atoms with Crippen molar-refractivity contribution in [3.63, 3.8) is 0 Å². The van der Waals surface area contributed by atoms with E-state index in [1.807, 2.05) is 36.4 Å². The van der Waals surface area contributed by atoms with Gasteiger partial charge in [0.1, 0.15) is 5.75 Å². The van der Waals surface area contributed by atoms with E-state index < -0.39 is 9.84 Å². The van der Waals surface area contributed by atoms with E-state index in [9.17, 15) is 13.2 Å².